The summed E-state index contributed by atoms with van der Waals surface area (Å²) >= 11 is 0. The van der Waals surface area contributed by atoms with Crippen LogP contribution in [0.1, 0.15) is 11.3 Å². The number of carbonyl (C=O) groups excluding carboxylic acids is 1. The van der Waals surface area contributed by atoms with Crippen LogP contribution in [0.4, 0.5) is 0 Å². The van der Waals surface area contributed by atoms with Gasteiger partial charge >= 0.3 is 0 Å². The lowest BCUT2D eigenvalue weighted by Crippen LogP contribution is -2.32. The third kappa shape index (κ3) is 2.63. The van der Waals surface area contributed by atoms with Gasteiger partial charge in [0.05, 0.1) is 18.8 Å². The average Bonchev–Trinajstić information content (AvgIpc) is 2.76. The maximum atomic E-state index is 12.4. The molecule has 2 aromatic carbocycles. The number of rotatable bonds is 2. The smallest absolute Gasteiger partial charge is 0.261 e. The van der Waals surface area contributed by atoms with Crippen LogP contribution in [0.2, 0.25) is 0 Å². The molecule has 0 aliphatic carbocycles. The van der Waals surface area contributed by atoms with Gasteiger partial charge in [0.25, 0.3) is 5.91 Å². The summed E-state index contributed by atoms with van der Waals surface area (Å²) in [6.07, 6.45) is 1.75. The molecule has 114 valence electrons. The standard InChI is InChI=1S/C19H16N2O2/c22-19-13-23-18-9-8-14-5-1-2-7-16(14)17(18)12-21(19)11-15-6-3-4-10-20-15/h1-10H,11-13H2. The van der Waals surface area contributed by atoms with E-state index in [0.717, 1.165) is 27.8 Å². The zero-order valence-corrected chi connectivity index (χ0v) is 12.6. The fourth-order valence-electron chi connectivity index (χ4n) is 2.96. The number of aromatic nitrogens is 1. The summed E-state index contributed by atoms with van der Waals surface area (Å²) in [4.78, 5) is 18.5. The number of hydrogen-bond donors (Lipinski definition) is 0. The molecule has 1 aliphatic rings. The molecule has 4 heteroatoms. The molecular formula is C19H16N2O2. The minimum Gasteiger partial charge on any atom is -0.483 e. The molecule has 2 heterocycles. The molecule has 0 atom stereocenters. The molecule has 23 heavy (non-hydrogen) atoms. The lowest BCUT2D eigenvalue weighted by atomic mass is 10.0. The second kappa shape index (κ2) is 5.72. The Morgan fingerprint density at radius 2 is 1.91 bits per heavy atom. The number of nitrogens with zero attached hydrogens (tertiary/aromatic N) is 2. The van der Waals surface area contributed by atoms with E-state index in [4.69, 9.17) is 4.74 Å². The highest BCUT2D eigenvalue weighted by Crippen LogP contribution is 2.31. The summed E-state index contributed by atoms with van der Waals surface area (Å²) in [5.74, 6) is 0.775. The van der Waals surface area contributed by atoms with Gasteiger partial charge in [-0.3, -0.25) is 9.78 Å². The van der Waals surface area contributed by atoms with Crippen LogP contribution in [-0.4, -0.2) is 22.4 Å². The van der Waals surface area contributed by atoms with Gasteiger partial charge in [0, 0.05) is 11.8 Å². The minimum absolute atomic E-state index is 0.0177. The largest absolute Gasteiger partial charge is 0.483 e. The van der Waals surface area contributed by atoms with Gasteiger partial charge in [0.15, 0.2) is 6.61 Å². The van der Waals surface area contributed by atoms with Crippen molar-refractivity contribution in [2.75, 3.05) is 6.61 Å². The quantitative estimate of drug-likeness (QED) is 0.730. The highest BCUT2D eigenvalue weighted by atomic mass is 16.5. The zero-order valence-electron chi connectivity index (χ0n) is 12.6. The summed E-state index contributed by atoms with van der Waals surface area (Å²) in [6.45, 7) is 1.09. The molecular weight excluding hydrogens is 288 g/mol. The highest BCUT2D eigenvalue weighted by molar-refractivity contribution is 5.89. The van der Waals surface area contributed by atoms with E-state index in [0.29, 0.717) is 13.1 Å². The van der Waals surface area contributed by atoms with Crippen molar-refractivity contribution in [1.29, 1.82) is 0 Å². The molecule has 4 rings (SSSR count). The SMILES string of the molecule is O=C1COc2ccc3ccccc3c2CN1Cc1ccccn1. The van der Waals surface area contributed by atoms with Gasteiger partial charge in [-0.25, -0.2) is 0 Å². The first-order valence-corrected chi connectivity index (χ1v) is 7.62. The molecule has 0 saturated carbocycles. The number of hydrogen-bond acceptors (Lipinski definition) is 3. The number of amides is 1. The number of ether oxygens (including phenoxy) is 1. The van der Waals surface area contributed by atoms with Crippen LogP contribution < -0.4 is 4.74 Å². The lowest BCUT2D eigenvalue weighted by Gasteiger charge is -2.20. The molecule has 0 saturated heterocycles. The predicted molar refractivity (Wildman–Crippen MR) is 87.9 cm³/mol. The molecule has 0 unspecified atom stereocenters. The molecule has 1 aliphatic heterocycles. The van der Waals surface area contributed by atoms with E-state index in [1.54, 1.807) is 11.1 Å². The van der Waals surface area contributed by atoms with Gasteiger partial charge in [0.2, 0.25) is 0 Å². The topological polar surface area (TPSA) is 42.4 Å². The molecule has 0 bridgehead atoms. The predicted octanol–water partition coefficient (Wildman–Crippen LogP) is 3.16. The Morgan fingerprint density at radius 1 is 1.04 bits per heavy atom. The number of carbonyl (C=O) groups is 1. The molecule has 0 fully saturated rings. The summed E-state index contributed by atoms with van der Waals surface area (Å²) in [7, 11) is 0. The number of pyridine rings is 1. The van der Waals surface area contributed by atoms with Crippen molar-refractivity contribution in [3.8, 4) is 5.75 Å². The second-order valence-corrected chi connectivity index (χ2v) is 5.62. The molecule has 0 radical (unpaired) electrons. The first-order chi connectivity index (χ1) is 11.3. The summed E-state index contributed by atoms with van der Waals surface area (Å²) in [6, 6.07) is 17.9. The van der Waals surface area contributed by atoms with Gasteiger partial charge in [-0.2, -0.15) is 0 Å². The Kier molecular flexibility index (Phi) is 3.42. The van der Waals surface area contributed by atoms with Crippen LogP contribution >= 0.6 is 0 Å². The summed E-state index contributed by atoms with van der Waals surface area (Å²) < 4.78 is 5.73. The van der Waals surface area contributed by atoms with E-state index < -0.39 is 0 Å². The normalized spacial score (nSPS) is 14.3. The molecule has 0 N–H and O–H groups in total. The number of benzene rings is 2. The van der Waals surface area contributed by atoms with Crippen molar-refractivity contribution < 1.29 is 9.53 Å². The molecule has 3 aromatic rings. The van der Waals surface area contributed by atoms with Gasteiger partial charge < -0.3 is 9.64 Å². The van der Waals surface area contributed by atoms with Crippen LogP contribution in [0.5, 0.6) is 5.75 Å². The Hall–Kier alpha value is -2.88. The lowest BCUT2D eigenvalue weighted by molar-refractivity contribution is -0.133. The van der Waals surface area contributed by atoms with Crippen molar-refractivity contribution in [2.45, 2.75) is 13.1 Å². The molecule has 1 amide bonds. The van der Waals surface area contributed by atoms with Crippen LogP contribution in [0.15, 0.2) is 60.8 Å². The number of fused-ring (bicyclic) bond motifs is 3. The van der Waals surface area contributed by atoms with Crippen LogP contribution in [0.25, 0.3) is 10.8 Å². The van der Waals surface area contributed by atoms with Gasteiger partial charge in [0.1, 0.15) is 5.75 Å². The summed E-state index contributed by atoms with van der Waals surface area (Å²) in [5.41, 5.74) is 1.94. The Balaban J connectivity index is 1.73. The third-order valence-corrected chi connectivity index (χ3v) is 4.13. The van der Waals surface area contributed by atoms with Crippen molar-refractivity contribution in [2.24, 2.45) is 0 Å². The van der Waals surface area contributed by atoms with Gasteiger partial charge in [-0.15, -0.1) is 0 Å². The molecule has 4 nitrogen and oxygen atoms in total. The van der Waals surface area contributed by atoms with E-state index in [2.05, 4.69) is 17.1 Å². The van der Waals surface area contributed by atoms with Gasteiger partial charge in [-0.1, -0.05) is 36.4 Å². The van der Waals surface area contributed by atoms with E-state index in [1.807, 2.05) is 42.5 Å². The third-order valence-electron chi connectivity index (χ3n) is 4.13. The van der Waals surface area contributed by atoms with Crippen LogP contribution in [0.3, 0.4) is 0 Å². The minimum atomic E-state index is -0.0177. The first-order valence-electron chi connectivity index (χ1n) is 7.62. The second-order valence-electron chi connectivity index (χ2n) is 5.62. The maximum Gasteiger partial charge on any atom is 0.261 e. The monoisotopic (exact) mass is 304 g/mol. The Bertz CT molecular complexity index is 862. The van der Waals surface area contributed by atoms with Crippen molar-refractivity contribution in [3.63, 3.8) is 0 Å². The summed E-state index contributed by atoms with van der Waals surface area (Å²) in [5, 5.41) is 2.28. The van der Waals surface area contributed by atoms with E-state index in [9.17, 15) is 4.79 Å². The van der Waals surface area contributed by atoms with Gasteiger partial charge in [-0.05, 0) is 29.0 Å². The van der Waals surface area contributed by atoms with Crippen molar-refractivity contribution in [1.82, 2.24) is 9.88 Å². The molecule has 0 spiro atoms. The highest BCUT2D eigenvalue weighted by Gasteiger charge is 2.23. The Morgan fingerprint density at radius 3 is 2.78 bits per heavy atom. The fourth-order valence-corrected chi connectivity index (χ4v) is 2.96. The van der Waals surface area contributed by atoms with Crippen LogP contribution in [0, 0.1) is 0 Å². The zero-order chi connectivity index (χ0) is 15.6. The van der Waals surface area contributed by atoms with E-state index >= 15 is 0 Å². The van der Waals surface area contributed by atoms with E-state index in [1.165, 1.54) is 0 Å². The fraction of sp³-hybridized carbons (Fsp3) is 0.158. The maximum absolute atomic E-state index is 12.4. The Labute approximate surface area is 134 Å². The first kappa shape index (κ1) is 13.8. The van der Waals surface area contributed by atoms with Crippen LogP contribution in [-0.2, 0) is 17.9 Å². The van der Waals surface area contributed by atoms with E-state index in [-0.39, 0.29) is 12.5 Å². The average molecular weight is 304 g/mol. The molecule has 1 aromatic heterocycles. The van der Waals surface area contributed by atoms with Crippen molar-refractivity contribution in [3.05, 3.63) is 72.1 Å². The van der Waals surface area contributed by atoms with Crippen molar-refractivity contribution >= 4 is 16.7 Å².